The number of rotatable bonds is 7. The van der Waals surface area contributed by atoms with Crippen molar-refractivity contribution < 1.29 is 19.8 Å². The number of nitrogens with one attached hydrogen (secondary N) is 2. The summed E-state index contributed by atoms with van der Waals surface area (Å²) in [6, 6.07) is 5.85. The maximum absolute atomic E-state index is 13.2. The smallest absolute Gasteiger partial charge is 0.200 e. The first-order valence-electron chi connectivity index (χ1n) is 9.00. The minimum absolute atomic E-state index is 0.168. The molecule has 0 spiro atoms. The normalized spacial score (nSPS) is 12.7. The number of phenolic OH excluding ortho intramolecular Hbond substituents is 2. The van der Waals surface area contributed by atoms with Crippen molar-refractivity contribution in [2.24, 2.45) is 5.73 Å². The Morgan fingerprint density at radius 3 is 1.71 bits per heavy atom. The van der Waals surface area contributed by atoms with Gasteiger partial charge in [0.15, 0.2) is 0 Å². The average molecular weight is 384 g/mol. The number of likely N-dealkylation sites (N-methyl/N-ethyl adjacent to an activating group) is 1. The van der Waals surface area contributed by atoms with E-state index in [1.807, 2.05) is 19.0 Å². The van der Waals surface area contributed by atoms with Crippen molar-refractivity contribution in [1.29, 1.82) is 0 Å². The lowest BCUT2D eigenvalue weighted by Crippen LogP contribution is -2.27. The van der Waals surface area contributed by atoms with Crippen LogP contribution in [0.4, 0.5) is 11.4 Å². The Balaban J connectivity index is 2.17. The largest absolute Gasteiger partial charge is 0.507 e. The SMILES string of the molecule is CN(C)CCNc1ccc(NCCN)c2c1C(=O)c1c(O)ccc(O)c1C2=O. The second kappa shape index (κ2) is 7.87. The van der Waals surface area contributed by atoms with Crippen molar-refractivity contribution in [1.82, 2.24) is 4.90 Å². The number of nitrogens with two attached hydrogens (primary N) is 1. The molecule has 0 saturated heterocycles. The molecule has 0 amide bonds. The summed E-state index contributed by atoms with van der Waals surface area (Å²) in [4.78, 5) is 28.4. The molecule has 0 bridgehead atoms. The lowest BCUT2D eigenvalue weighted by atomic mass is 9.81. The molecule has 0 fully saturated rings. The number of anilines is 2. The maximum Gasteiger partial charge on any atom is 0.200 e. The monoisotopic (exact) mass is 384 g/mol. The van der Waals surface area contributed by atoms with Gasteiger partial charge in [0.25, 0.3) is 0 Å². The molecule has 148 valence electrons. The Labute approximate surface area is 163 Å². The third-order valence-electron chi connectivity index (χ3n) is 4.61. The fraction of sp³-hybridized carbons (Fsp3) is 0.300. The molecular weight excluding hydrogens is 360 g/mol. The van der Waals surface area contributed by atoms with Gasteiger partial charge in [-0.2, -0.15) is 0 Å². The molecule has 0 aromatic heterocycles. The van der Waals surface area contributed by atoms with Gasteiger partial charge in [-0.15, -0.1) is 0 Å². The molecular formula is C20H24N4O4. The summed E-state index contributed by atoms with van der Waals surface area (Å²) in [7, 11) is 3.87. The summed E-state index contributed by atoms with van der Waals surface area (Å²) in [6.07, 6.45) is 0. The molecule has 6 N–H and O–H groups in total. The fourth-order valence-electron chi connectivity index (χ4n) is 3.28. The first-order chi connectivity index (χ1) is 13.4. The van der Waals surface area contributed by atoms with Crippen LogP contribution in [0.1, 0.15) is 31.8 Å². The topological polar surface area (TPSA) is 128 Å². The molecule has 0 unspecified atom stereocenters. The summed E-state index contributed by atoms with van der Waals surface area (Å²) in [5, 5.41) is 26.6. The van der Waals surface area contributed by atoms with E-state index >= 15 is 0 Å². The number of benzene rings is 2. The van der Waals surface area contributed by atoms with Gasteiger partial charge < -0.3 is 31.5 Å². The minimum atomic E-state index is -0.520. The molecule has 0 atom stereocenters. The number of ketones is 2. The number of nitrogens with zero attached hydrogens (tertiary/aromatic N) is 1. The Morgan fingerprint density at radius 1 is 0.821 bits per heavy atom. The van der Waals surface area contributed by atoms with Crippen LogP contribution in [-0.2, 0) is 0 Å². The predicted molar refractivity (Wildman–Crippen MR) is 108 cm³/mol. The Kier molecular flexibility index (Phi) is 5.53. The first kappa shape index (κ1) is 19.7. The van der Waals surface area contributed by atoms with Gasteiger partial charge in [0.05, 0.1) is 22.3 Å². The minimum Gasteiger partial charge on any atom is -0.507 e. The van der Waals surface area contributed by atoms with Crippen LogP contribution >= 0.6 is 0 Å². The van der Waals surface area contributed by atoms with E-state index in [4.69, 9.17) is 5.73 Å². The molecule has 1 aliphatic carbocycles. The van der Waals surface area contributed by atoms with Gasteiger partial charge in [-0.3, -0.25) is 9.59 Å². The van der Waals surface area contributed by atoms with Crippen LogP contribution in [0, 0.1) is 0 Å². The van der Waals surface area contributed by atoms with Gasteiger partial charge in [-0.1, -0.05) is 0 Å². The molecule has 2 aromatic rings. The maximum atomic E-state index is 13.2. The quantitative estimate of drug-likeness (QED) is 0.385. The Hall–Kier alpha value is -3.10. The molecule has 2 aromatic carbocycles. The van der Waals surface area contributed by atoms with Crippen molar-refractivity contribution in [3.63, 3.8) is 0 Å². The van der Waals surface area contributed by atoms with Crippen LogP contribution in [0.15, 0.2) is 24.3 Å². The number of carbonyl (C=O) groups is 2. The van der Waals surface area contributed by atoms with Crippen LogP contribution in [0.3, 0.4) is 0 Å². The van der Waals surface area contributed by atoms with E-state index in [1.54, 1.807) is 12.1 Å². The zero-order valence-corrected chi connectivity index (χ0v) is 15.9. The summed E-state index contributed by atoms with van der Waals surface area (Å²) in [6.45, 7) is 2.06. The van der Waals surface area contributed by atoms with Crippen LogP contribution in [0.5, 0.6) is 11.5 Å². The summed E-state index contributed by atoms with van der Waals surface area (Å²) in [5.74, 6) is -1.71. The number of aromatic hydroxyl groups is 2. The zero-order chi connectivity index (χ0) is 20.4. The van der Waals surface area contributed by atoms with Gasteiger partial charge >= 0.3 is 0 Å². The number of hydrogen-bond donors (Lipinski definition) is 5. The molecule has 28 heavy (non-hydrogen) atoms. The number of phenols is 2. The molecule has 0 heterocycles. The molecule has 8 nitrogen and oxygen atoms in total. The van der Waals surface area contributed by atoms with E-state index in [0.29, 0.717) is 31.0 Å². The van der Waals surface area contributed by atoms with E-state index in [1.165, 1.54) is 12.1 Å². The highest BCUT2D eigenvalue weighted by Gasteiger charge is 2.37. The molecule has 1 aliphatic rings. The zero-order valence-electron chi connectivity index (χ0n) is 15.9. The van der Waals surface area contributed by atoms with Crippen molar-refractivity contribution in [2.45, 2.75) is 0 Å². The summed E-state index contributed by atoms with van der Waals surface area (Å²) in [5.41, 5.74) is 6.51. The van der Waals surface area contributed by atoms with Crippen molar-refractivity contribution >= 4 is 22.9 Å². The number of hydrogen-bond acceptors (Lipinski definition) is 8. The number of carbonyl (C=O) groups excluding carboxylic acids is 2. The molecule has 0 aliphatic heterocycles. The van der Waals surface area contributed by atoms with E-state index in [-0.39, 0.29) is 33.8 Å². The van der Waals surface area contributed by atoms with Crippen molar-refractivity contribution in [3.8, 4) is 11.5 Å². The number of fused-ring (bicyclic) bond motifs is 2. The first-order valence-corrected chi connectivity index (χ1v) is 9.00. The van der Waals surface area contributed by atoms with Gasteiger partial charge in [-0.25, -0.2) is 0 Å². The predicted octanol–water partition coefficient (Wildman–Crippen LogP) is 1.22. The Morgan fingerprint density at radius 2 is 1.29 bits per heavy atom. The van der Waals surface area contributed by atoms with Crippen molar-refractivity contribution in [3.05, 3.63) is 46.5 Å². The Bertz CT molecular complexity index is 940. The third-order valence-corrected chi connectivity index (χ3v) is 4.61. The van der Waals surface area contributed by atoms with Gasteiger partial charge in [0.2, 0.25) is 11.6 Å². The third kappa shape index (κ3) is 3.39. The van der Waals surface area contributed by atoms with E-state index in [0.717, 1.165) is 6.54 Å². The van der Waals surface area contributed by atoms with Gasteiger partial charge in [0.1, 0.15) is 11.5 Å². The standard InChI is InChI=1S/C20H24N4O4/c1-24(2)10-9-23-12-4-3-11(22-8-7-21)15-16(12)20(28)18-14(26)6-5-13(25)17(18)19(15)27/h3-6,22-23,25-26H,7-10,21H2,1-2H3. The molecule has 8 heteroatoms. The van der Waals surface area contributed by atoms with E-state index < -0.39 is 11.6 Å². The second-order valence-electron chi connectivity index (χ2n) is 6.87. The average Bonchev–Trinajstić information content (AvgIpc) is 2.66. The summed E-state index contributed by atoms with van der Waals surface area (Å²) < 4.78 is 0. The summed E-state index contributed by atoms with van der Waals surface area (Å²) >= 11 is 0. The van der Waals surface area contributed by atoms with Gasteiger partial charge in [-0.05, 0) is 38.4 Å². The molecule has 0 saturated carbocycles. The van der Waals surface area contributed by atoms with E-state index in [9.17, 15) is 19.8 Å². The highest BCUT2D eigenvalue weighted by Crippen LogP contribution is 2.42. The van der Waals surface area contributed by atoms with Crippen LogP contribution in [0.25, 0.3) is 0 Å². The van der Waals surface area contributed by atoms with Crippen molar-refractivity contribution in [2.75, 3.05) is 50.9 Å². The van der Waals surface area contributed by atoms with Crippen LogP contribution in [0.2, 0.25) is 0 Å². The van der Waals surface area contributed by atoms with Crippen LogP contribution < -0.4 is 16.4 Å². The van der Waals surface area contributed by atoms with Crippen LogP contribution in [-0.4, -0.2) is 67.0 Å². The molecule has 0 radical (unpaired) electrons. The second-order valence-corrected chi connectivity index (χ2v) is 6.87. The highest BCUT2D eigenvalue weighted by atomic mass is 16.3. The van der Waals surface area contributed by atoms with Gasteiger partial charge in [0, 0.05) is 37.6 Å². The fourth-order valence-corrected chi connectivity index (χ4v) is 3.28. The van der Waals surface area contributed by atoms with E-state index in [2.05, 4.69) is 10.6 Å². The highest BCUT2D eigenvalue weighted by molar-refractivity contribution is 6.33. The molecule has 3 rings (SSSR count). The lowest BCUT2D eigenvalue weighted by Gasteiger charge is -2.25. The lowest BCUT2D eigenvalue weighted by molar-refractivity contribution is 0.0975.